The number of hydrazine groups is 1. The number of aromatic nitrogens is 1. The number of rotatable bonds is 3. The normalized spacial score (nSPS) is 12.9. The van der Waals surface area contributed by atoms with E-state index in [1.807, 2.05) is 25.3 Å². The molecule has 0 aromatic carbocycles. The van der Waals surface area contributed by atoms with Crippen molar-refractivity contribution in [3.8, 4) is 0 Å². The molecule has 0 aliphatic rings. The van der Waals surface area contributed by atoms with Crippen LogP contribution in [0.25, 0.3) is 0 Å². The van der Waals surface area contributed by atoms with Crippen LogP contribution < -0.4 is 11.3 Å². The minimum Gasteiger partial charge on any atom is -0.271 e. The zero-order chi connectivity index (χ0) is 8.97. The molecule has 0 bridgehead atoms. The fraction of sp³-hybridized carbons (Fsp3) is 0.444. The Balaban J connectivity index is 2.85. The van der Waals surface area contributed by atoms with Gasteiger partial charge < -0.3 is 0 Å². The topological polar surface area (TPSA) is 50.9 Å². The lowest BCUT2D eigenvalue weighted by Crippen LogP contribution is -2.27. The number of hydrogen-bond acceptors (Lipinski definition) is 3. The Bertz CT molecular complexity index is 243. The summed E-state index contributed by atoms with van der Waals surface area (Å²) in [7, 11) is 0. The maximum absolute atomic E-state index is 5.39. The Morgan fingerprint density at radius 2 is 2.42 bits per heavy atom. The molecule has 0 fully saturated rings. The molecule has 0 radical (unpaired) electrons. The monoisotopic (exact) mass is 165 g/mol. The lowest BCUT2D eigenvalue weighted by molar-refractivity contribution is 0.538. The smallest absolute Gasteiger partial charge is 0.0458 e. The third kappa shape index (κ3) is 2.03. The molecule has 1 rings (SSSR count). The molecule has 3 N–H and O–H groups in total. The largest absolute Gasteiger partial charge is 0.271 e. The molecular formula is C9H15N3. The molecule has 3 heteroatoms. The van der Waals surface area contributed by atoms with E-state index in [1.165, 1.54) is 5.56 Å². The second-order valence-electron chi connectivity index (χ2n) is 2.86. The van der Waals surface area contributed by atoms with Gasteiger partial charge in [-0.15, -0.1) is 0 Å². The third-order valence-electron chi connectivity index (χ3n) is 1.93. The van der Waals surface area contributed by atoms with Crippen LogP contribution in [0.15, 0.2) is 18.3 Å². The molecule has 0 saturated heterocycles. The average molecular weight is 165 g/mol. The van der Waals surface area contributed by atoms with Crippen molar-refractivity contribution < 1.29 is 0 Å². The summed E-state index contributed by atoms with van der Waals surface area (Å²) < 4.78 is 0. The standard InChI is InChI=1S/C9H15N3/c1-3-9(12-10)8-4-5-11-7(2)6-8/h4-6,9,12H,3,10H2,1-2H3. The van der Waals surface area contributed by atoms with Gasteiger partial charge in [-0.05, 0) is 31.0 Å². The number of nitrogens with one attached hydrogen (secondary N) is 1. The zero-order valence-electron chi connectivity index (χ0n) is 7.54. The van der Waals surface area contributed by atoms with Crippen molar-refractivity contribution in [1.82, 2.24) is 10.4 Å². The first-order chi connectivity index (χ1) is 5.77. The highest BCUT2D eigenvalue weighted by Crippen LogP contribution is 2.14. The van der Waals surface area contributed by atoms with Gasteiger partial charge in [0.05, 0.1) is 0 Å². The van der Waals surface area contributed by atoms with Crippen LogP contribution in [-0.2, 0) is 0 Å². The quantitative estimate of drug-likeness (QED) is 0.524. The van der Waals surface area contributed by atoms with Crippen LogP contribution in [0, 0.1) is 6.92 Å². The van der Waals surface area contributed by atoms with Gasteiger partial charge >= 0.3 is 0 Å². The zero-order valence-corrected chi connectivity index (χ0v) is 7.54. The van der Waals surface area contributed by atoms with Gasteiger partial charge in [-0.1, -0.05) is 6.92 Å². The summed E-state index contributed by atoms with van der Waals surface area (Å²) in [5, 5.41) is 0. The third-order valence-corrected chi connectivity index (χ3v) is 1.93. The minimum atomic E-state index is 0.242. The summed E-state index contributed by atoms with van der Waals surface area (Å²) in [4.78, 5) is 4.12. The van der Waals surface area contributed by atoms with Crippen molar-refractivity contribution in [2.45, 2.75) is 26.3 Å². The van der Waals surface area contributed by atoms with E-state index >= 15 is 0 Å². The molecule has 1 aromatic rings. The lowest BCUT2D eigenvalue weighted by atomic mass is 10.1. The Morgan fingerprint density at radius 3 is 2.92 bits per heavy atom. The first-order valence-electron chi connectivity index (χ1n) is 4.16. The minimum absolute atomic E-state index is 0.242. The summed E-state index contributed by atoms with van der Waals surface area (Å²) >= 11 is 0. The van der Waals surface area contributed by atoms with E-state index in [1.54, 1.807) is 0 Å². The number of aryl methyl sites for hydroxylation is 1. The Labute approximate surface area is 73.0 Å². The number of pyridine rings is 1. The van der Waals surface area contributed by atoms with Gasteiger partial charge in [0.1, 0.15) is 0 Å². The molecular weight excluding hydrogens is 150 g/mol. The summed E-state index contributed by atoms with van der Waals surface area (Å²) in [5.74, 6) is 5.39. The van der Waals surface area contributed by atoms with Gasteiger partial charge in [0.25, 0.3) is 0 Å². The van der Waals surface area contributed by atoms with Crippen LogP contribution in [0.2, 0.25) is 0 Å². The van der Waals surface area contributed by atoms with Crippen molar-refractivity contribution in [2.24, 2.45) is 5.84 Å². The highest BCUT2D eigenvalue weighted by molar-refractivity contribution is 5.18. The summed E-state index contributed by atoms with van der Waals surface area (Å²) in [5.41, 5.74) is 5.00. The average Bonchev–Trinajstić information content (AvgIpc) is 2.07. The van der Waals surface area contributed by atoms with Gasteiger partial charge in [0, 0.05) is 17.9 Å². The van der Waals surface area contributed by atoms with Crippen LogP contribution >= 0.6 is 0 Å². The second kappa shape index (κ2) is 4.18. The van der Waals surface area contributed by atoms with E-state index < -0.39 is 0 Å². The number of hydrogen-bond donors (Lipinski definition) is 2. The summed E-state index contributed by atoms with van der Waals surface area (Å²) in [6.07, 6.45) is 2.80. The lowest BCUT2D eigenvalue weighted by Gasteiger charge is -2.13. The van der Waals surface area contributed by atoms with Crippen LogP contribution in [0.5, 0.6) is 0 Å². The van der Waals surface area contributed by atoms with Crippen LogP contribution in [0.1, 0.15) is 30.6 Å². The van der Waals surface area contributed by atoms with Gasteiger partial charge in [-0.3, -0.25) is 16.3 Å². The van der Waals surface area contributed by atoms with Crippen LogP contribution in [0.3, 0.4) is 0 Å². The SMILES string of the molecule is CCC(NN)c1ccnc(C)c1. The highest BCUT2D eigenvalue weighted by atomic mass is 15.2. The fourth-order valence-electron chi connectivity index (χ4n) is 1.23. The first kappa shape index (κ1) is 9.16. The summed E-state index contributed by atoms with van der Waals surface area (Å²) in [6, 6.07) is 4.28. The molecule has 1 heterocycles. The molecule has 0 aliphatic carbocycles. The maximum Gasteiger partial charge on any atom is 0.0458 e. The Kier molecular flexibility index (Phi) is 3.19. The van der Waals surface area contributed by atoms with Crippen LogP contribution in [0.4, 0.5) is 0 Å². The maximum atomic E-state index is 5.39. The van der Waals surface area contributed by atoms with Gasteiger partial charge in [-0.25, -0.2) is 0 Å². The Hall–Kier alpha value is -0.930. The Morgan fingerprint density at radius 1 is 1.67 bits per heavy atom. The molecule has 1 unspecified atom stereocenters. The van der Waals surface area contributed by atoms with Crippen molar-refractivity contribution in [2.75, 3.05) is 0 Å². The molecule has 0 saturated carbocycles. The predicted molar refractivity (Wildman–Crippen MR) is 49.3 cm³/mol. The van der Waals surface area contributed by atoms with Gasteiger partial charge in [0.2, 0.25) is 0 Å². The molecule has 12 heavy (non-hydrogen) atoms. The predicted octanol–water partition coefficient (Wildman–Crippen LogP) is 1.30. The summed E-state index contributed by atoms with van der Waals surface area (Å²) in [6.45, 7) is 4.08. The number of nitrogens with two attached hydrogens (primary N) is 1. The van der Waals surface area contributed by atoms with Crippen molar-refractivity contribution in [3.05, 3.63) is 29.6 Å². The fourth-order valence-corrected chi connectivity index (χ4v) is 1.23. The van der Waals surface area contributed by atoms with Crippen molar-refractivity contribution in [1.29, 1.82) is 0 Å². The van der Waals surface area contributed by atoms with E-state index in [0.717, 1.165) is 12.1 Å². The van der Waals surface area contributed by atoms with E-state index in [0.29, 0.717) is 0 Å². The van der Waals surface area contributed by atoms with Crippen molar-refractivity contribution >= 4 is 0 Å². The van der Waals surface area contributed by atoms with E-state index in [4.69, 9.17) is 5.84 Å². The first-order valence-corrected chi connectivity index (χ1v) is 4.16. The van der Waals surface area contributed by atoms with Crippen molar-refractivity contribution in [3.63, 3.8) is 0 Å². The van der Waals surface area contributed by atoms with Crippen LogP contribution in [-0.4, -0.2) is 4.98 Å². The highest BCUT2D eigenvalue weighted by Gasteiger charge is 2.05. The molecule has 1 aromatic heterocycles. The van der Waals surface area contributed by atoms with Gasteiger partial charge in [-0.2, -0.15) is 0 Å². The molecule has 0 spiro atoms. The molecule has 66 valence electrons. The van der Waals surface area contributed by atoms with Gasteiger partial charge in [0.15, 0.2) is 0 Å². The second-order valence-corrected chi connectivity index (χ2v) is 2.86. The van der Waals surface area contributed by atoms with E-state index in [-0.39, 0.29) is 6.04 Å². The molecule has 3 nitrogen and oxygen atoms in total. The number of nitrogens with zero attached hydrogens (tertiary/aromatic N) is 1. The molecule has 0 amide bonds. The van der Waals surface area contributed by atoms with E-state index in [2.05, 4.69) is 17.3 Å². The molecule has 1 atom stereocenters. The molecule has 0 aliphatic heterocycles. The van der Waals surface area contributed by atoms with E-state index in [9.17, 15) is 0 Å².